The first-order valence-corrected chi connectivity index (χ1v) is 9.98. The number of hydrazone groups is 1. The van der Waals surface area contributed by atoms with E-state index in [1.165, 1.54) is 17.1 Å². The van der Waals surface area contributed by atoms with Gasteiger partial charge in [-0.3, -0.25) is 9.59 Å². The van der Waals surface area contributed by atoms with Crippen molar-refractivity contribution in [1.82, 2.24) is 0 Å². The number of ether oxygens (including phenoxy) is 1. The molecule has 0 aromatic heterocycles. The van der Waals surface area contributed by atoms with E-state index in [0.717, 1.165) is 0 Å². The van der Waals surface area contributed by atoms with Gasteiger partial charge in [-0.05, 0) is 30.3 Å². The van der Waals surface area contributed by atoms with Crippen LogP contribution in [0.5, 0.6) is 5.75 Å². The van der Waals surface area contributed by atoms with Gasteiger partial charge in [-0.1, -0.05) is 54.6 Å². The summed E-state index contributed by atoms with van der Waals surface area (Å²) in [4.78, 5) is 36.0. The molecule has 0 fully saturated rings. The fraction of sp³-hybridized carbons (Fsp3) is 0.0400. The monoisotopic (exact) mass is 441 g/mol. The Bertz CT molecular complexity index is 1300. The molecule has 3 aromatic rings. The third-order valence-corrected chi connectivity index (χ3v) is 4.85. The van der Waals surface area contributed by atoms with Gasteiger partial charge >= 0.3 is 5.97 Å². The number of hydrogen-bond donors (Lipinski definition) is 2. The molecule has 0 spiro atoms. The molecular weight excluding hydrogens is 422 g/mol. The van der Waals surface area contributed by atoms with Crippen molar-refractivity contribution in [2.24, 2.45) is 10.8 Å². The first-order chi connectivity index (χ1) is 15.9. The molecule has 1 aliphatic heterocycles. The van der Waals surface area contributed by atoms with Gasteiger partial charge < -0.3 is 15.6 Å². The number of carboxylic acid groups (broad SMARTS) is 1. The SMILES string of the molecule is NC(=O)COc1ccccc1/C=C1/C(=O)N(c2cccc(C(=O)O)c2)N=C1c1ccccc1. The van der Waals surface area contributed by atoms with Crippen LogP contribution in [0.2, 0.25) is 0 Å². The summed E-state index contributed by atoms with van der Waals surface area (Å²) < 4.78 is 5.49. The van der Waals surface area contributed by atoms with Crippen LogP contribution in [0.25, 0.3) is 6.08 Å². The zero-order chi connectivity index (χ0) is 23.4. The van der Waals surface area contributed by atoms with E-state index < -0.39 is 17.8 Å². The van der Waals surface area contributed by atoms with Gasteiger partial charge in [0.1, 0.15) is 11.5 Å². The van der Waals surface area contributed by atoms with E-state index in [1.807, 2.05) is 30.3 Å². The highest BCUT2D eigenvalue weighted by atomic mass is 16.5. The molecule has 33 heavy (non-hydrogen) atoms. The zero-order valence-electron chi connectivity index (χ0n) is 17.3. The number of benzene rings is 3. The minimum atomic E-state index is -1.10. The first kappa shape index (κ1) is 21.5. The molecule has 0 saturated carbocycles. The third kappa shape index (κ3) is 4.64. The van der Waals surface area contributed by atoms with Gasteiger partial charge in [-0.2, -0.15) is 10.1 Å². The molecule has 8 nitrogen and oxygen atoms in total. The molecule has 0 unspecified atom stereocenters. The summed E-state index contributed by atoms with van der Waals surface area (Å²) in [5.74, 6) is -1.77. The maximum absolute atomic E-state index is 13.4. The van der Waals surface area contributed by atoms with Crippen molar-refractivity contribution in [2.45, 2.75) is 0 Å². The van der Waals surface area contributed by atoms with Crippen molar-refractivity contribution < 1.29 is 24.2 Å². The van der Waals surface area contributed by atoms with E-state index in [2.05, 4.69) is 5.10 Å². The quantitative estimate of drug-likeness (QED) is 0.546. The smallest absolute Gasteiger partial charge is 0.335 e. The lowest BCUT2D eigenvalue weighted by atomic mass is 10.00. The number of rotatable bonds is 7. The summed E-state index contributed by atoms with van der Waals surface area (Å²) in [5.41, 5.74) is 7.54. The normalized spacial score (nSPS) is 14.3. The van der Waals surface area contributed by atoms with E-state index in [9.17, 15) is 19.5 Å². The fourth-order valence-corrected chi connectivity index (χ4v) is 3.34. The third-order valence-electron chi connectivity index (χ3n) is 4.85. The first-order valence-electron chi connectivity index (χ1n) is 9.98. The number of aromatic carboxylic acids is 1. The van der Waals surface area contributed by atoms with Crippen molar-refractivity contribution in [3.05, 3.63) is 101 Å². The highest BCUT2D eigenvalue weighted by Crippen LogP contribution is 2.30. The Morgan fingerprint density at radius 3 is 2.45 bits per heavy atom. The lowest BCUT2D eigenvalue weighted by molar-refractivity contribution is -0.120. The molecule has 1 aliphatic rings. The summed E-state index contributed by atoms with van der Waals surface area (Å²) in [5, 5.41) is 15.0. The number of amides is 2. The Kier molecular flexibility index (Phi) is 5.99. The largest absolute Gasteiger partial charge is 0.483 e. The summed E-state index contributed by atoms with van der Waals surface area (Å²) in [6.45, 7) is -0.304. The number of hydrogen-bond acceptors (Lipinski definition) is 5. The Balaban J connectivity index is 1.80. The van der Waals surface area contributed by atoms with Crippen molar-refractivity contribution in [3.63, 3.8) is 0 Å². The summed E-state index contributed by atoms with van der Waals surface area (Å²) >= 11 is 0. The number of carbonyl (C=O) groups excluding carboxylic acids is 2. The molecule has 1 heterocycles. The van der Waals surface area contributed by atoms with Gasteiger partial charge in [-0.25, -0.2) is 4.79 Å². The van der Waals surface area contributed by atoms with E-state index in [-0.39, 0.29) is 17.7 Å². The van der Waals surface area contributed by atoms with E-state index in [0.29, 0.717) is 28.3 Å². The molecule has 3 aromatic carbocycles. The molecule has 4 rings (SSSR count). The van der Waals surface area contributed by atoms with Crippen molar-refractivity contribution in [3.8, 4) is 5.75 Å². The molecular formula is C25H19N3O5. The van der Waals surface area contributed by atoms with Crippen LogP contribution in [0.1, 0.15) is 21.5 Å². The van der Waals surface area contributed by atoms with E-state index in [1.54, 1.807) is 42.5 Å². The van der Waals surface area contributed by atoms with Crippen molar-refractivity contribution >= 4 is 35.3 Å². The summed E-state index contributed by atoms with van der Waals surface area (Å²) in [7, 11) is 0. The van der Waals surface area contributed by atoms with Crippen LogP contribution in [0, 0.1) is 0 Å². The van der Waals surface area contributed by atoms with Crippen LogP contribution in [0.3, 0.4) is 0 Å². The standard InChI is InChI=1S/C25H19N3O5/c26-22(29)15-33-21-12-5-4-9-17(21)14-20-23(16-7-2-1-3-8-16)27-28(24(20)30)19-11-6-10-18(13-19)25(31)32/h1-14H,15H2,(H2,26,29)(H,31,32)/b20-14+. The average Bonchev–Trinajstić information content (AvgIpc) is 3.15. The fourth-order valence-electron chi connectivity index (χ4n) is 3.34. The van der Waals surface area contributed by atoms with Crippen LogP contribution in [-0.2, 0) is 9.59 Å². The maximum Gasteiger partial charge on any atom is 0.335 e. The number of anilines is 1. The van der Waals surface area contributed by atoms with Crippen LogP contribution < -0.4 is 15.5 Å². The number of para-hydroxylation sites is 1. The molecule has 0 aliphatic carbocycles. The van der Waals surface area contributed by atoms with Gasteiger partial charge in [0, 0.05) is 11.1 Å². The van der Waals surface area contributed by atoms with E-state index in [4.69, 9.17) is 10.5 Å². The topological polar surface area (TPSA) is 122 Å². The van der Waals surface area contributed by atoms with Crippen LogP contribution >= 0.6 is 0 Å². The highest BCUT2D eigenvalue weighted by molar-refractivity contribution is 6.37. The Morgan fingerprint density at radius 1 is 1.00 bits per heavy atom. The Morgan fingerprint density at radius 2 is 1.73 bits per heavy atom. The van der Waals surface area contributed by atoms with Crippen molar-refractivity contribution in [2.75, 3.05) is 11.6 Å². The summed E-state index contributed by atoms with van der Waals surface area (Å²) in [6, 6.07) is 22.1. The highest BCUT2D eigenvalue weighted by Gasteiger charge is 2.32. The second-order valence-electron chi connectivity index (χ2n) is 7.14. The number of nitrogens with two attached hydrogens (primary N) is 1. The molecule has 3 N–H and O–H groups in total. The van der Waals surface area contributed by atoms with Crippen LogP contribution in [-0.4, -0.2) is 35.2 Å². The number of nitrogens with zero attached hydrogens (tertiary/aromatic N) is 2. The molecule has 0 bridgehead atoms. The summed E-state index contributed by atoms with van der Waals surface area (Å²) in [6.07, 6.45) is 1.63. The number of primary amides is 1. The molecule has 2 amide bonds. The number of carbonyl (C=O) groups is 3. The Labute approximate surface area is 189 Å². The average molecular weight is 441 g/mol. The Hall–Kier alpha value is -4.72. The lowest BCUT2D eigenvalue weighted by Gasteiger charge is -2.12. The minimum absolute atomic E-state index is 0.0411. The van der Waals surface area contributed by atoms with Gasteiger partial charge in [0.2, 0.25) is 0 Å². The maximum atomic E-state index is 13.4. The molecule has 0 saturated heterocycles. The van der Waals surface area contributed by atoms with Gasteiger partial charge in [0.05, 0.1) is 16.8 Å². The zero-order valence-corrected chi connectivity index (χ0v) is 17.3. The second-order valence-corrected chi connectivity index (χ2v) is 7.14. The van der Waals surface area contributed by atoms with Gasteiger partial charge in [0.15, 0.2) is 6.61 Å². The van der Waals surface area contributed by atoms with E-state index >= 15 is 0 Å². The van der Waals surface area contributed by atoms with Crippen molar-refractivity contribution in [1.29, 1.82) is 0 Å². The van der Waals surface area contributed by atoms with Gasteiger partial charge in [-0.15, -0.1) is 0 Å². The van der Waals surface area contributed by atoms with Crippen LogP contribution in [0.15, 0.2) is 89.5 Å². The molecule has 164 valence electrons. The minimum Gasteiger partial charge on any atom is -0.483 e. The molecule has 8 heteroatoms. The second kappa shape index (κ2) is 9.19. The van der Waals surface area contributed by atoms with Gasteiger partial charge in [0.25, 0.3) is 11.8 Å². The van der Waals surface area contributed by atoms with Crippen LogP contribution in [0.4, 0.5) is 5.69 Å². The predicted octanol–water partition coefficient (Wildman–Crippen LogP) is 3.08. The lowest BCUT2D eigenvalue weighted by Crippen LogP contribution is -2.22. The molecule has 0 radical (unpaired) electrons. The number of carboxylic acids is 1. The predicted molar refractivity (Wildman–Crippen MR) is 123 cm³/mol. The molecule has 0 atom stereocenters.